The van der Waals surface area contributed by atoms with Crippen molar-refractivity contribution in [1.82, 2.24) is 19.6 Å². The maximum Gasteiger partial charge on any atom is 0.410 e. The van der Waals surface area contributed by atoms with Crippen LogP contribution in [-0.2, 0) is 14.2 Å². The second-order valence-electron chi connectivity index (χ2n) is 18.8. The smallest absolute Gasteiger partial charge is 0.410 e. The van der Waals surface area contributed by atoms with E-state index in [0.717, 1.165) is 81.5 Å². The number of carbonyl (C=O) groups is 1. The first-order valence-electron chi connectivity index (χ1n) is 19.7. The van der Waals surface area contributed by atoms with Crippen molar-refractivity contribution in [2.75, 3.05) is 39.1 Å². The second kappa shape index (κ2) is 16.3. The molecular formula is C41H62BrN5O5Si2. The van der Waals surface area contributed by atoms with Gasteiger partial charge in [0.2, 0.25) is 0 Å². The fourth-order valence-corrected chi connectivity index (χ4v) is 10.2. The predicted octanol–water partition coefficient (Wildman–Crippen LogP) is 10.1. The predicted molar refractivity (Wildman–Crippen MR) is 229 cm³/mol. The third kappa shape index (κ3) is 9.74. The van der Waals surface area contributed by atoms with Crippen molar-refractivity contribution in [1.29, 1.82) is 0 Å². The van der Waals surface area contributed by atoms with Crippen LogP contribution in [0.25, 0.3) is 27.7 Å². The molecule has 0 spiro atoms. The highest BCUT2D eigenvalue weighted by Crippen LogP contribution is 2.47. The van der Waals surface area contributed by atoms with Crippen molar-refractivity contribution in [2.45, 2.75) is 122 Å². The molecule has 2 bridgehead atoms. The number of anilines is 1. The topological polar surface area (TPSA) is 90.3 Å². The quantitative estimate of drug-likeness (QED) is 0.0975. The van der Waals surface area contributed by atoms with Gasteiger partial charge in [0.15, 0.2) is 0 Å². The minimum atomic E-state index is -1.28. The Morgan fingerprint density at radius 1 is 0.926 bits per heavy atom. The standard InChI is InChI=1S/C41H62BrN5O5Si2/c1-41(2,3)52-40(48)46-32-14-15-33(46)23-31(22-32)37-36(42)39(45(26-50-17-19-53(5,6)7)27-51-18-20-54(8,9)10)47-38(44-37)35(25-43-47)29-12-11-28-13-16-34(49-4)24-30(28)21-29/h11-13,16,21,24-25,31-33,37,44H,14-15,17-20,22-23,26-27H2,1-10H3/t31?,32?,33?,37-/m1/s1. The van der Waals surface area contributed by atoms with Gasteiger partial charge in [-0.15, -0.1) is 0 Å². The average Bonchev–Trinajstić information content (AvgIpc) is 3.62. The van der Waals surface area contributed by atoms with Crippen LogP contribution in [0.1, 0.15) is 46.5 Å². The van der Waals surface area contributed by atoms with Gasteiger partial charge in [-0.25, -0.2) is 4.79 Å². The van der Waals surface area contributed by atoms with Gasteiger partial charge in [-0.1, -0.05) is 57.5 Å². The molecule has 13 heteroatoms. The van der Waals surface area contributed by atoms with Crippen molar-refractivity contribution in [3.05, 3.63) is 47.1 Å². The lowest BCUT2D eigenvalue weighted by Gasteiger charge is -2.44. The third-order valence-electron chi connectivity index (χ3n) is 10.7. The summed E-state index contributed by atoms with van der Waals surface area (Å²) in [5, 5.41) is 11.3. The number of fused-ring (bicyclic) bond motifs is 4. The fourth-order valence-electron chi connectivity index (χ4n) is 7.81. The molecule has 0 saturated carbocycles. The molecule has 296 valence electrons. The number of nitrogens with one attached hydrogen (secondary N) is 1. The number of carbonyl (C=O) groups excluding carboxylic acids is 1. The van der Waals surface area contributed by atoms with E-state index in [1.165, 1.54) is 0 Å². The average molecular weight is 841 g/mol. The van der Waals surface area contributed by atoms with Gasteiger partial charge in [-0.3, -0.25) is 0 Å². The molecule has 2 aromatic carbocycles. The lowest BCUT2D eigenvalue weighted by Crippen LogP contribution is -2.52. The van der Waals surface area contributed by atoms with Crippen LogP contribution in [-0.4, -0.2) is 99.3 Å². The number of piperidine rings is 1. The van der Waals surface area contributed by atoms with Crippen molar-refractivity contribution >= 4 is 60.6 Å². The molecule has 2 saturated heterocycles. The minimum absolute atomic E-state index is 0.0427. The molecule has 1 aromatic heterocycles. The largest absolute Gasteiger partial charge is 0.497 e. The SMILES string of the molecule is COc1ccc2ccc(-c3cnn4c3N[C@H](C3CC5CCC(C3)N5C(=O)OC(C)(C)C)C(Br)=C4N(COCC[Si](C)(C)C)COCC[Si](C)(C)C)cc2c1. The number of ether oxygens (including phenoxy) is 4. The normalized spacial score (nSPS) is 21.6. The molecule has 6 rings (SSSR count). The summed E-state index contributed by atoms with van der Waals surface area (Å²) in [6, 6.07) is 15.1. The van der Waals surface area contributed by atoms with Crippen LogP contribution in [0.2, 0.25) is 51.4 Å². The summed E-state index contributed by atoms with van der Waals surface area (Å²) in [5.41, 5.74) is 1.57. The van der Waals surface area contributed by atoms with Crippen LogP contribution >= 0.6 is 15.9 Å². The lowest BCUT2D eigenvalue weighted by atomic mass is 9.84. The zero-order valence-corrected chi connectivity index (χ0v) is 37.7. The summed E-state index contributed by atoms with van der Waals surface area (Å²) in [6.45, 7) is 22.3. The van der Waals surface area contributed by atoms with Gasteiger partial charge in [0.25, 0.3) is 0 Å². The van der Waals surface area contributed by atoms with Crippen LogP contribution in [0, 0.1) is 5.92 Å². The molecule has 1 amide bonds. The Hall–Kier alpha value is -2.85. The number of hydrogen-bond donors (Lipinski definition) is 1. The Bertz CT molecular complexity index is 1790. The number of aromatic nitrogens is 2. The van der Waals surface area contributed by atoms with E-state index >= 15 is 0 Å². The van der Waals surface area contributed by atoms with E-state index in [0.29, 0.717) is 26.7 Å². The van der Waals surface area contributed by atoms with Gasteiger partial charge >= 0.3 is 6.09 Å². The molecular weight excluding hydrogens is 779 g/mol. The van der Waals surface area contributed by atoms with Crippen LogP contribution in [0.4, 0.5) is 10.6 Å². The molecule has 3 atom stereocenters. The molecule has 1 N–H and O–H groups in total. The Morgan fingerprint density at radius 3 is 2.11 bits per heavy atom. The van der Waals surface area contributed by atoms with E-state index in [4.69, 9.17) is 24.0 Å². The van der Waals surface area contributed by atoms with Gasteiger partial charge in [-0.2, -0.15) is 9.78 Å². The zero-order valence-electron chi connectivity index (χ0n) is 34.1. The van der Waals surface area contributed by atoms with Gasteiger partial charge in [0.05, 0.1) is 23.8 Å². The number of benzene rings is 2. The van der Waals surface area contributed by atoms with E-state index in [9.17, 15) is 4.79 Å². The van der Waals surface area contributed by atoms with Gasteiger partial charge in [0, 0.05) is 47.0 Å². The van der Waals surface area contributed by atoms with Gasteiger partial charge in [-0.05, 0) is 115 Å². The van der Waals surface area contributed by atoms with E-state index in [1.54, 1.807) is 7.11 Å². The van der Waals surface area contributed by atoms with E-state index in [-0.39, 0.29) is 30.1 Å². The number of amides is 1. The number of nitrogens with zero attached hydrogens (tertiary/aromatic N) is 4. The molecule has 3 aromatic rings. The first-order chi connectivity index (χ1) is 25.4. The minimum Gasteiger partial charge on any atom is -0.497 e. The molecule has 0 radical (unpaired) electrons. The molecule has 2 unspecified atom stereocenters. The van der Waals surface area contributed by atoms with Crippen LogP contribution in [0.3, 0.4) is 0 Å². The van der Waals surface area contributed by atoms with Crippen LogP contribution in [0.15, 0.2) is 47.1 Å². The molecule has 54 heavy (non-hydrogen) atoms. The Balaban J connectivity index is 1.37. The van der Waals surface area contributed by atoms with Crippen molar-refractivity contribution in [2.24, 2.45) is 5.92 Å². The number of methoxy groups -OCH3 is 1. The van der Waals surface area contributed by atoms with Crippen molar-refractivity contribution in [3.63, 3.8) is 0 Å². The van der Waals surface area contributed by atoms with Gasteiger partial charge < -0.3 is 34.1 Å². The zero-order chi connectivity index (χ0) is 39.0. The highest BCUT2D eigenvalue weighted by atomic mass is 79.9. The highest BCUT2D eigenvalue weighted by Gasteiger charge is 2.48. The first kappa shape index (κ1) is 40.8. The molecule has 3 aliphatic heterocycles. The highest BCUT2D eigenvalue weighted by molar-refractivity contribution is 9.11. The summed E-state index contributed by atoms with van der Waals surface area (Å²) >= 11 is 4.16. The molecule has 3 aliphatic rings. The monoisotopic (exact) mass is 839 g/mol. The second-order valence-corrected chi connectivity index (χ2v) is 30.9. The lowest BCUT2D eigenvalue weighted by molar-refractivity contribution is -0.0102. The van der Waals surface area contributed by atoms with E-state index in [1.807, 2.05) is 42.6 Å². The van der Waals surface area contributed by atoms with Crippen LogP contribution < -0.4 is 10.1 Å². The number of rotatable bonds is 14. The first-order valence-corrected chi connectivity index (χ1v) is 27.9. The Kier molecular flexibility index (Phi) is 12.3. The van der Waals surface area contributed by atoms with E-state index < -0.39 is 21.7 Å². The Labute approximate surface area is 333 Å². The molecule has 2 fully saturated rings. The maximum atomic E-state index is 13.4. The summed E-state index contributed by atoms with van der Waals surface area (Å²) in [7, 11) is -0.865. The summed E-state index contributed by atoms with van der Waals surface area (Å²) in [6.07, 6.45) is 5.53. The van der Waals surface area contributed by atoms with Gasteiger partial charge in [0.1, 0.15) is 36.5 Å². The summed E-state index contributed by atoms with van der Waals surface area (Å²) in [4.78, 5) is 17.7. The fraction of sp³-hybridized carbons (Fsp3) is 0.610. The summed E-state index contributed by atoms with van der Waals surface area (Å²) < 4.78 is 27.4. The molecule has 0 aliphatic carbocycles. The number of hydrogen-bond acceptors (Lipinski definition) is 8. The molecule has 10 nitrogen and oxygen atoms in total. The van der Waals surface area contributed by atoms with Crippen molar-refractivity contribution < 1.29 is 23.7 Å². The van der Waals surface area contributed by atoms with Crippen LogP contribution in [0.5, 0.6) is 5.75 Å². The third-order valence-corrected chi connectivity index (χ3v) is 15.0. The maximum absolute atomic E-state index is 13.4. The molecule has 4 heterocycles. The van der Waals surface area contributed by atoms with Crippen molar-refractivity contribution in [3.8, 4) is 16.9 Å². The number of halogens is 1. The Morgan fingerprint density at radius 2 is 1.54 bits per heavy atom. The van der Waals surface area contributed by atoms with E-state index in [2.05, 4.69) is 95.8 Å². The summed E-state index contributed by atoms with van der Waals surface area (Å²) in [5.74, 6) is 2.97.